The number of rotatable bonds is 5. The summed E-state index contributed by atoms with van der Waals surface area (Å²) in [5.41, 5.74) is 0. The van der Waals surface area contributed by atoms with Crippen molar-refractivity contribution >= 4 is 0 Å². The van der Waals surface area contributed by atoms with E-state index in [1.165, 1.54) is 65.0 Å². The molecule has 0 aromatic carbocycles. The fourth-order valence-corrected chi connectivity index (χ4v) is 3.12. The minimum atomic E-state index is 0.765. The van der Waals surface area contributed by atoms with Gasteiger partial charge in [0.25, 0.3) is 0 Å². The molecule has 1 atom stereocenters. The number of likely N-dealkylation sites (tertiary alicyclic amines) is 2. The highest BCUT2D eigenvalue weighted by Crippen LogP contribution is 2.19. The van der Waals surface area contributed by atoms with E-state index < -0.39 is 0 Å². The summed E-state index contributed by atoms with van der Waals surface area (Å²) in [4.78, 5) is 5.15. The number of nitrogens with zero attached hydrogens (tertiary/aromatic N) is 2. The third-order valence-electron chi connectivity index (χ3n) is 4.31. The molecule has 3 heteroatoms. The van der Waals surface area contributed by atoms with E-state index in [-0.39, 0.29) is 0 Å². The van der Waals surface area contributed by atoms with Crippen LogP contribution in [-0.2, 0) is 0 Å². The summed E-state index contributed by atoms with van der Waals surface area (Å²) < 4.78 is 0. The van der Waals surface area contributed by atoms with Crippen LogP contribution in [-0.4, -0.2) is 62.2 Å². The fraction of sp³-hybridized carbons (Fsp3) is 1.00. The van der Waals surface area contributed by atoms with Gasteiger partial charge in [-0.1, -0.05) is 6.92 Å². The molecule has 17 heavy (non-hydrogen) atoms. The lowest BCUT2D eigenvalue weighted by molar-refractivity contribution is 0.174. The minimum Gasteiger partial charge on any atom is -0.313 e. The van der Waals surface area contributed by atoms with Crippen molar-refractivity contribution < 1.29 is 0 Å². The van der Waals surface area contributed by atoms with Crippen molar-refractivity contribution in [2.24, 2.45) is 5.92 Å². The second kappa shape index (κ2) is 6.72. The normalized spacial score (nSPS) is 28.9. The van der Waals surface area contributed by atoms with Gasteiger partial charge >= 0.3 is 0 Å². The lowest BCUT2D eigenvalue weighted by atomic mass is 9.97. The van der Waals surface area contributed by atoms with E-state index in [9.17, 15) is 0 Å². The van der Waals surface area contributed by atoms with Crippen LogP contribution in [0.3, 0.4) is 0 Å². The van der Waals surface area contributed by atoms with Crippen molar-refractivity contribution in [3.05, 3.63) is 0 Å². The van der Waals surface area contributed by atoms with Crippen molar-refractivity contribution in [3.63, 3.8) is 0 Å². The molecular formula is C14H29N3. The zero-order chi connectivity index (χ0) is 12.1. The molecule has 2 aliphatic heterocycles. The molecule has 3 nitrogen and oxygen atoms in total. The maximum absolute atomic E-state index is 3.66. The van der Waals surface area contributed by atoms with Gasteiger partial charge in [0.1, 0.15) is 0 Å². The zero-order valence-corrected chi connectivity index (χ0v) is 11.6. The lowest BCUT2D eigenvalue weighted by Crippen LogP contribution is -2.38. The summed E-state index contributed by atoms with van der Waals surface area (Å²) in [5, 5.41) is 3.66. The van der Waals surface area contributed by atoms with Crippen LogP contribution < -0.4 is 5.32 Å². The highest BCUT2D eigenvalue weighted by atomic mass is 15.2. The van der Waals surface area contributed by atoms with Crippen molar-refractivity contribution in [1.82, 2.24) is 15.1 Å². The van der Waals surface area contributed by atoms with Gasteiger partial charge in [-0.2, -0.15) is 0 Å². The zero-order valence-electron chi connectivity index (χ0n) is 11.6. The quantitative estimate of drug-likeness (QED) is 0.782. The van der Waals surface area contributed by atoms with Gasteiger partial charge < -0.3 is 15.1 Å². The van der Waals surface area contributed by atoms with Crippen molar-refractivity contribution in [2.75, 3.05) is 46.3 Å². The van der Waals surface area contributed by atoms with Crippen LogP contribution in [0.25, 0.3) is 0 Å². The molecule has 1 N–H and O–H groups in total. The largest absolute Gasteiger partial charge is 0.313 e. The Balaban J connectivity index is 1.64. The van der Waals surface area contributed by atoms with Crippen LogP contribution in [0.4, 0.5) is 0 Å². The van der Waals surface area contributed by atoms with E-state index in [1.54, 1.807) is 0 Å². The predicted molar refractivity (Wildman–Crippen MR) is 73.4 cm³/mol. The van der Waals surface area contributed by atoms with E-state index >= 15 is 0 Å². The summed E-state index contributed by atoms with van der Waals surface area (Å²) in [7, 11) is 2.25. The Morgan fingerprint density at radius 2 is 1.88 bits per heavy atom. The molecule has 0 radical (unpaired) electrons. The standard InChI is InChI=1S/C14H29N3/c1-3-7-15-14-6-10-17(12-14)11-13-4-8-16(2)9-5-13/h13-15H,3-12H2,1-2H3. The average Bonchev–Trinajstić information content (AvgIpc) is 2.77. The Hall–Kier alpha value is -0.120. The van der Waals surface area contributed by atoms with Crippen LogP contribution in [0, 0.1) is 5.92 Å². The van der Waals surface area contributed by atoms with Crippen LogP contribution in [0.1, 0.15) is 32.6 Å². The van der Waals surface area contributed by atoms with Gasteiger partial charge in [-0.05, 0) is 64.8 Å². The molecule has 0 spiro atoms. The van der Waals surface area contributed by atoms with Crippen molar-refractivity contribution in [2.45, 2.75) is 38.6 Å². The maximum atomic E-state index is 3.66. The van der Waals surface area contributed by atoms with Gasteiger partial charge in [0.15, 0.2) is 0 Å². The van der Waals surface area contributed by atoms with Crippen LogP contribution in [0.2, 0.25) is 0 Å². The summed E-state index contributed by atoms with van der Waals surface area (Å²) in [5.74, 6) is 0.955. The molecule has 2 aliphatic rings. The fourth-order valence-electron chi connectivity index (χ4n) is 3.12. The minimum absolute atomic E-state index is 0.765. The second-order valence-corrected chi connectivity index (χ2v) is 5.95. The van der Waals surface area contributed by atoms with Crippen LogP contribution >= 0.6 is 0 Å². The van der Waals surface area contributed by atoms with Gasteiger partial charge in [-0.3, -0.25) is 0 Å². The molecule has 2 rings (SSSR count). The molecule has 0 aromatic rings. The summed E-state index contributed by atoms with van der Waals surface area (Å²) in [6.07, 6.45) is 5.41. The van der Waals surface area contributed by atoms with Gasteiger partial charge in [0.2, 0.25) is 0 Å². The van der Waals surface area contributed by atoms with E-state index in [0.29, 0.717) is 0 Å². The molecule has 0 aromatic heterocycles. The Kier molecular flexibility index (Phi) is 5.26. The summed E-state index contributed by atoms with van der Waals surface area (Å²) in [6, 6.07) is 0.765. The summed E-state index contributed by atoms with van der Waals surface area (Å²) in [6.45, 7) is 9.98. The smallest absolute Gasteiger partial charge is 0.0207 e. The molecule has 0 saturated carbocycles. The van der Waals surface area contributed by atoms with Crippen LogP contribution in [0.5, 0.6) is 0 Å². The van der Waals surface area contributed by atoms with Gasteiger partial charge in [0, 0.05) is 19.1 Å². The molecule has 2 heterocycles. The number of hydrogen-bond donors (Lipinski definition) is 1. The van der Waals surface area contributed by atoms with E-state index in [4.69, 9.17) is 0 Å². The first-order valence-electron chi connectivity index (χ1n) is 7.42. The molecule has 1 unspecified atom stereocenters. The first-order chi connectivity index (χ1) is 8.28. The van der Waals surface area contributed by atoms with E-state index in [0.717, 1.165) is 12.0 Å². The highest BCUT2D eigenvalue weighted by Gasteiger charge is 2.25. The first-order valence-corrected chi connectivity index (χ1v) is 7.42. The number of nitrogens with one attached hydrogen (secondary N) is 1. The van der Waals surface area contributed by atoms with Gasteiger partial charge in [0.05, 0.1) is 0 Å². The number of hydrogen-bond acceptors (Lipinski definition) is 3. The van der Waals surface area contributed by atoms with Crippen molar-refractivity contribution in [1.29, 1.82) is 0 Å². The van der Waals surface area contributed by atoms with E-state index in [2.05, 4.69) is 29.1 Å². The Bertz CT molecular complexity index is 212. The van der Waals surface area contributed by atoms with Gasteiger partial charge in [-0.15, -0.1) is 0 Å². The van der Waals surface area contributed by atoms with Crippen LogP contribution in [0.15, 0.2) is 0 Å². The molecule has 2 saturated heterocycles. The number of piperidine rings is 1. The Morgan fingerprint density at radius 1 is 1.12 bits per heavy atom. The molecule has 2 fully saturated rings. The molecular weight excluding hydrogens is 210 g/mol. The predicted octanol–water partition coefficient (Wildman–Crippen LogP) is 1.40. The molecule has 100 valence electrons. The SMILES string of the molecule is CCCNC1CCN(CC2CCN(C)CC2)C1. The van der Waals surface area contributed by atoms with Gasteiger partial charge in [-0.25, -0.2) is 0 Å². The average molecular weight is 239 g/mol. The van der Waals surface area contributed by atoms with E-state index in [1.807, 2.05) is 0 Å². The summed E-state index contributed by atoms with van der Waals surface area (Å²) >= 11 is 0. The third-order valence-corrected chi connectivity index (χ3v) is 4.31. The monoisotopic (exact) mass is 239 g/mol. The molecule has 0 amide bonds. The lowest BCUT2D eigenvalue weighted by Gasteiger charge is -2.31. The highest BCUT2D eigenvalue weighted by molar-refractivity contribution is 4.83. The van der Waals surface area contributed by atoms with Crippen molar-refractivity contribution in [3.8, 4) is 0 Å². The maximum Gasteiger partial charge on any atom is 0.0207 e. The Morgan fingerprint density at radius 3 is 2.59 bits per heavy atom. The third kappa shape index (κ3) is 4.23. The molecule has 0 bridgehead atoms. The Labute approximate surface area is 107 Å². The molecule has 0 aliphatic carbocycles. The first kappa shape index (κ1) is 13.3. The second-order valence-electron chi connectivity index (χ2n) is 5.95. The topological polar surface area (TPSA) is 18.5 Å².